The van der Waals surface area contributed by atoms with Crippen LogP contribution in [0.1, 0.15) is 25.7 Å². The summed E-state index contributed by atoms with van der Waals surface area (Å²) in [6.07, 6.45) is 6.34. The maximum Gasteiger partial charge on any atom is 0.117 e. The summed E-state index contributed by atoms with van der Waals surface area (Å²) < 4.78 is 0. The number of thioether (sulfide) groups is 1. The first-order chi connectivity index (χ1) is 8.83. The molecule has 4 heteroatoms. The number of nitrogens with zero attached hydrogens (tertiary/aromatic N) is 2. The Balaban J connectivity index is 1.82. The zero-order valence-corrected chi connectivity index (χ0v) is 11.1. The topological polar surface area (TPSA) is 51.8 Å². The average molecular weight is 259 g/mol. The van der Waals surface area contributed by atoms with E-state index in [9.17, 15) is 0 Å². The second kappa shape index (κ2) is 5.24. The molecule has 1 saturated carbocycles. The van der Waals surface area contributed by atoms with Crippen molar-refractivity contribution in [1.82, 2.24) is 9.97 Å². The summed E-state index contributed by atoms with van der Waals surface area (Å²) in [5, 5.41) is 2.93. The molecule has 0 spiro atoms. The van der Waals surface area contributed by atoms with Crippen molar-refractivity contribution in [2.75, 3.05) is 0 Å². The van der Waals surface area contributed by atoms with Crippen molar-refractivity contribution in [3.05, 3.63) is 30.6 Å². The van der Waals surface area contributed by atoms with E-state index in [2.05, 4.69) is 16.0 Å². The van der Waals surface area contributed by atoms with Gasteiger partial charge >= 0.3 is 0 Å². The molecule has 18 heavy (non-hydrogen) atoms. The van der Waals surface area contributed by atoms with Crippen LogP contribution in [0.2, 0.25) is 0 Å². The van der Waals surface area contributed by atoms with Crippen LogP contribution in [-0.4, -0.2) is 21.3 Å². The first kappa shape index (κ1) is 11.9. The molecular weight excluding hydrogens is 242 g/mol. The van der Waals surface area contributed by atoms with Crippen molar-refractivity contribution in [2.24, 2.45) is 5.73 Å². The van der Waals surface area contributed by atoms with E-state index in [1.165, 1.54) is 18.2 Å². The smallest absolute Gasteiger partial charge is 0.117 e. The molecule has 0 radical (unpaired) electrons. The number of fused-ring (bicyclic) bond motifs is 1. The molecule has 1 aromatic heterocycles. The Hall–Kier alpha value is -1.13. The van der Waals surface area contributed by atoms with Crippen molar-refractivity contribution in [1.29, 1.82) is 0 Å². The number of aromatic nitrogens is 2. The fraction of sp³-hybridized carbons (Fsp3) is 0.429. The molecule has 0 atom stereocenters. The first-order valence-corrected chi connectivity index (χ1v) is 7.33. The average Bonchev–Trinajstić information content (AvgIpc) is 2.42. The molecule has 2 N–H and O–H groups in total. The lowest BCUT2D eigenvalue weighted by Crippen LogP contribution is -2.27. The van der Waals surface area contributed by atoms with Gasteiger partial charge in [-0.1, -0.05) is 18.2 Å². The Morgan fingerprint density at radius 1 is 1.06 bits per heavy atom. The molecule has 3 rings (SSSR count). The third kappa shape index (κ3) is 2.49. The van der Waals surface area contributed by atoms with Crippen LogP contribution >= 0.6 is 11.8 Å². The predicted octanol–water partition coefficient (Wildman–Crippen LogP) is 2.99. The normalized spacial score (nSPS) is 24.3. The second-order valence-electron chi connectivity index (χ2n) is 4.85. The highest BCUT2D eigenvalue weighted by Crippen LogP contribution is 2.34. The molecule has 3 nitrogen and oxygen atoms in total. The van der Waals surface area contributed by atoms with Crippen LogP contribution in [-0.2, 0) is 0 Å². The third-order valence-electron chi connectivity index (χ3n) is 3.50. The van der Waals surface area contributed by atoms with Crippen LogP contribution < -0.4 is 5.73 Å². The molecular formula is C14H17N3S. The molecule has 0 saturated heterocycles. The number of nitrogens with two attached hydrogens (primary N) is 1. The Bertz CT molecular complexity index is 530. The minimum Gasteiger partial charge on any atom is -0.328 e. The minimum atomic E-state index is 0.406. The molecule has 1 heterocycles. The predicted molar refractivity (Wildman–Crippen MR) is 75.6 cm³/mol. The van der Waals surface area contributed by atoms with Crippen molar-refractivity contribution < 1.29 is 0 Å². The Morgan fingerprint density at radius 2 is 1.83 bits per heavy atom. The van der Waals surface area contributed by atoms with Gasteiger partial charge in [0.15, 0.2) is 0 Å². The summed E-state index contributed by atoms with van der Waals surface area (Å²) in [6.45, 7) is 0. The van der Waals surface area contributed by atoms with Gasteiger partial charge in [0.05, 0.1) is 5.52 Å². The lowest BCUT2D eigenvalue weighted by atomic mass is 9.96. The molecule has 0 bridgehead atoms. The second-order valence-corrected chi connectivity index (χ2v) is 6.14. The largest absolute Gasteiger partial charge is 0.328 e. The maximum absolute atomic E-state index is 5.95. The molecule has 0 aliphatic heterocycles. The standard InChI is InChI=1S/C14H17N3S/c15-10-5-7-11(8-6-10)18-14-12-3-1-2-4-13(12)16-9-17-14/h1-4,9-11H,5-8,15H2. The van der Waals surface area contributed by atoms with Gasteiger partial charge in [-0.05, 0) is 31.7 Å². The number of para-hydroxylation sites is 1. The SMILES string of the molecule is NC1CCC(Sc2ncnc3ccccc23)CC1. The highest BCUT2D eigenvalue weighted by Gasteiger charge is 2.20. The van der Waals surface area contributed by atoms with Gasteiger partial charge in [0.2, 0.25) is 0 Å². The molecule has 0 amide bonds. The maximum atomic E-state index is 5.95. The molecule has 1 aliphatic carbocycles. The Labute approximate surface area is 111 Å². The van der Waals surface area contributed by atoms with Crippen molar-refractivity contribution in [3.8, 4) is 0 Å². The monoisotopic (exact) mass is 259 g/mol. The van der Waals surface area contributed by atoms with E-state index in [0.29, 0.717) is 11.3 Å². The van der Waals surface area contributed by atoms with Gasteiger partial charge in [0.1, 0.15) is 11.4 Å². The lowest BCUT2D eigenvalue weighted by Gasteiger charge is -2.25. The van der Waals surface area contributed by atoms with E-state index in [1.807, 2.05) is 30.0 Å². The van der Waals surface area contributed by atoms with Crippen LogP contribution in [0.3, 0.4) is 0 Å². The van der Waals surface area contributed by atoms with Crippen molar-refractivity contribution in [3.63, 3.8) is 0 Å². The van der Waals surface area contributed by atoms with E-state index in [1.54, 1.807) is 6.33 Å². The zero-order valence-electron chi connectivity index (χ0n) is 10.2. The van der Waals surface area contributed by atoms with Gasteiger partial charge in [-0.3, -0.25) is 0 Å². The molecule has 1 fully saturated rings. The van der Waals surface area contributed by atoms with Gasteiger partial charge in [0.25, 0.3) is 0 Å². The molecule has 94 valence electrons. The minimum absolute atomic E-state index is 0.406. The Kier molecular flexibility index (Phi) is 3.48. The first-order valence-electron chi connectivity index (χ1n) is 6.45. The summed E-state index contributed by atoms with van der Waals surface area (Å²) in [5.74, 6) is 0. The van der Waals surface area contributed by atoms with Gasteiger partial charge < -0.3 is 5.73 Å². The van der Waals surface area contributed by atoms with Gasteiger partial charge in [-0.25, -0.2) is 9.97 Å². The van der Waals surface area contributed by atoms with Crippen LogP contribution in [0.25, 0.3) is 10.9 Å². The molecule has 0 unspecified atom stereocenters. The van der Waals surface area contributed by atoms with Crippen LogP contribution in [0.4, 0.5) is 0 Å². The van der Waals surface area contributed by atoms with Crippen LogP contribution in [0.5, 0.6) is 0 Å². The highest BCUT2D eigenvalue weighted by atomic mass is 32.2. The summed E-state index contributed by atoms with van der Waals surface area (Å²) in [7, 11) is 0. The van der Waals surface area contributed by atoms with Crippen molar-refractivity contribution in [2.45, 2.75) is 42.0 Å². The van der Waals surface area contributed by atoms with E-state index in [4.69, 9.17) is 5.73 Å². The van der Waals surface area contributed by atoms with E-state index in [-0.39, 0.29) is 0 Å². The number of rotatable bonds is 2. The zero-order chi connectivity index (χ0) is 12.4. The van der Waals surface area contributed by atoms with Gasteiger partial charge in [-0.2, -0.15) is 0 Å². The summed E-state index contributed by atoms with van der Waals surface area (Å²) >= 11 is 1.89. The van der Waals surface area contributed by atoms with E-state index < -0.39 is 0 Å². The third-order valence-corrected chi connectivity index (χ3v) is 4.86. The molecule has 1 aliphatic rings. The van der Waals surface area contributed by atoms with Crippen molar-refractivity contribution >= 4 is 22.7 Å². The number of hydrogen-bond acceptors (Lipinski definition) is 4. The molecule has 2 aromatic rings. The fourth-order valence-corrected chi connectivity index (χ4v) is 3.67. The molecule has 1 aromatic carbocycles. The van der Waals surface area contributed by atoms with E-state index >= 15 is 0 Å². The quantitative estimate of drug-likeness (QED) is 0.842. The van der Waals surface area contributed by atoms with Crippen LogP contribution in [0, 0.1) is 0 Å². The summed E-state index contributed by atoms with van der Waals surface area (Å²) in [6, 6.07) is 8.61. The van der Waals surface area contributed by atoms with Gasteiger partial charge in [-0.15, -0.1) is 11.8 Å². The van der Waals surface area contributed by atoms with Crippen LogP contribution in [0.15, 0.2) is 35.6 Å². The highest BCUT2D eigenvalue weighted by molar-refractivity contribution is 8.00. The number of hydrogen-bond donors (Lipinski definition) is 1. The van der Waals surface area contributed by atoms with E-state index in [0.717, 1.165) is 23.4 Å². The van der Waals surface area contributed by atoms with Gasteiger partial charge in [0, 0.05) is 16.7 Å². The summed E-state index contributed by atoms with van der Waals surface area (Å²) in [4.78, 5) is 8.74. The fourth-order valence-electron chi connectivity index (χ4n) is 2.44. The Morgan fingerprint density at radius 3 is 2.67 bits per heavy atom. The lowest BCUT2D eigenvalue weighted by molar-refractivity contribution is 0.450. The number of benzene rings is 1. The summed E-state index contributed by atoms with van der Waals surface area (Å²) in [5.41, 5.74) is 6.98.